The fraction of sp³-hybridized carbons (Fsp3) is 0.500. The number of carboxylic acid groups (broad SMARTS) is 1. The maximum atomic E-state index is 12.9. The molecular weight excluding hydrogens is 332 g/mol. The zero-order valence-corrected chi connectivity index (χ0v) is 16.2. The number of hydrogen-bond acceptors (Lipinski definition) is 3. The summed E-state index contributed by atoms with van der Waals surface area (Å²) in [4.78, 5) is 25.5. The molecule has 1 unspecified atom stereocenters. The van der Waals surface area contributed by atoms with Gasteiger partial charge in [-0.2, -0.15) is 0 Å². The summed E-state index contributed by atoms with van der Waals surface area (Å²) in [5, 5.41) is 10.2. The molecule has 6 nitrogen and oxygen atoms in total. The molecule has 0 aliphatic carbocycles. The highest BCUT2D eigenvalue weighted by Crippen LogP contribution is 2.27. The van der Waals surface area contributed by atoms with Crippen molar-refractivity contribution >= 4 is 22.8 Å². The van der Waals surface area contributed by atoms with E-state index in [0.717, 1.165) is 28.7 Å². The minimum absolute atomic E-state index is 0.136. The Bertz CT molecular complexity index is 810. The summed E-state index contributed by atoms with van der Waals surface area (Å²) in [6.07, 6.45) is 0.701. The molecule has 0 aliphatic heterocycles. The van der Waals surface area contributed by atoms with Crippen LogP contribution in [0.3, 0.4) is 0 Å². The molecule has 6 heteroatoms. The quantitative estimate of drug-likeness (QED) is 0.784. The van der Waals surface area contributed by atoms with E-state index in [1.54, 1.807) is 13.2 Å². The third-order valence-electron chi connectivity index (χ3n) is 5.09. The van der Waals surface area contributed by atoms with Gasteiger partial charge in [-0.05, 0) is 51.0 Å². The fourth-order valence-corrected chi connectivity index (χ4v) is 3.21. The normalized spacial score (nSPS) is 12.3. The summed E-state index contributed by atoms with van der Waals surface area (Å²) in [6, 6.07) is 5.46. The minimum atomic E-state index is -1.00. The third kappa shape index (κ3) is 3.90. The van der Waals surface area contributed by atoms with Crippen molar-refractivity contribution in [2.75, 3.05) is 20.3 Å². The number of benzene rings is 1. The van der Waals surface area contributed by atoms with E-state index in [4.69, 9.17) is 9.84 Å². The first-order valence-corrected chi connectivity index (χ1v) is 8.92. The van der Waals surface area contributed by atoms with E-state index in [2.05, 4.69) is 11.5 Å². The highest BCUT2D eigenvalue weighted by atomic mass is 16.5. The molecule has 1 aromatic carbocycles. The number of ether oxygens (including phenoxy) is 1. The van der Waals surface area contributed by atoms with E-state index in [1.165, 1.54) is 4.90 Å². The van der Waals surface area contributed by atoms with Gasteiger partial charge in [0.25, 0.3) is 5.91 Å². The Labute approximate surface area is 154 Å². The average molecular weight is 360 g/mol. The van der Waals surface area contributed by atoms with Gasteiger partial charge in [-0.15, -0.1) is 0 Å². The number of hydrogen-bond donors (Lipinski definition) is 1. The molecule has 2 aromatic rings. The van der Waals surface area contributed by atoms with Crippen LogP contribution in [0.25, 0.3) is 10.9 Å². The topological polar surface area (TPSA) is 71.8 Å². The molecule has 26 heavy (non-hydrogen) atoms. The van der Waals surface area contributed by atoms with Gasteiger partial charge < -0.3 is 19.3 Å². The summed E-state index contributed by atoms with van der Waals surface area (Å²) >= 11 is 0. The van der Waals surface area contributed by atoms with E-state index in [0.29, 0.717) is 18.6 Å². The summed E-state index contributed by atoms with van der Waals surface area (Å²) in [5.41, 5.74) is 3.85. The second-order valence-electron chi connectivity index (χ2n) is 6.67. The minimum Gasteiger partial charge on any atom is -0.480 e. The molecule has 1 amide bonds. The van der Waals surface area contributed by atoms with Crippen molar-refractivity contribution in [1.82, 2.24) is 9.47 Å². The van der Waals surface area contributed by atoms with Crippen LogP contribution in [0.1, 0.15) is 41.9 Å². The van der Waals surface area contributed by atoms with Crippen molar-refractivity contribution < 1.29 is 19.4 Å². The van der Waals surface area contributed by atoms with Crippen LogP contribution in [-0.2, 0) is 16.1 Å². The monoisotopic (exact) mass is 360 g/mol. The van der Waals surface area contributed by atoms with Crippen molar-refractivity contribution in [3.8, 4) is 0 Å². The summed E-state index contributed by atoms with van der Waals surface area (Å²) in [7, 11) is 1.68. The zero-order chi connectivity index (χ0) is 19.4. The molecule has 142 valence electrons. The number of methoxy groups -OCH3 is 1. The average Bonchev–Trinajstić information content (AvgIpc) is 2.86. The Morgan fingerprint density at radius 3 is 2.58 bits per heavy atom. The standard InChI is InChI=1S/C20H28N2O4/c1-6-13(2)22(12-19(23)24)20(25)16-7-8-18-17(11-16)14(3)15(4)21(18)9-10-26-5/h7-8,11,13H,6,9-10,12H2,1-5H3,(H,23,24). The molecule has 0 spiro atoms. The van der Waals surface area contributed by atoms with Gasteiger partial charge in [-0.25, -0.2) is 0 Å². The van der Waals surface area contributed by atoms with E-state index < -0.39 is 5.97 Å². The molecule has 0 saturated heterocycles. The number of aromatic nitrogens is 1. The SMILES string of the molecule is CCC(C)N(CC(=O)O)C(=O)c1ccc2c(c1)c(C)c(C)n2CCOC. The predicted octanol–water partition coefficient (Wildman–Crippen LogP) is 3.23. The Kier molecular flexibility index (Phi) is 6.42. The van der Waals surface area contributed by atoms with Crippen LogP contribution >= 0.6 is 0 Å². The molecule has 0 fully saturated rings. The number of nitrogens with zero attached hydrogens (tertiary/aromatic N) is 2. The Balaban J connectivity index is 2.45. The third-order valence-corrected chi connectivity index (χ3v) is 5.09. The molecule has 0 radical (unpaired) electrons. The maximum Gasteiger partial charge on any atom is 0.323 e. The molecule has 0 bridgehead atoms. The van der Waals surface area contributed by atoms with E-state index in [9.17, 15) is 9.59 Å². The number of carbonyl (C=O) groups is 2. The number of rotatable bonds is 8. The van der Waals surface area contributed by atoms with E-state index in [1.807, 2.05) is 32.9 Å². The van der Waals surface area contributed by atoms with E-state index >= 15 is 0 Å². The van der Waals surface area contributed by atoms with Crippen LogP contribution in [0.15, 0.2) is 18.2 Å². The van der Waals surface area contributed by atoms with Gasteiger partial charge in [-0.1, -0.05) is 6.92 Å². The first-order chi connectivity index (χ1) is 12.3. The van der Waals surface area contributed by atoms with Gasteiger partial charge in [0.15, 0.2) is 0 Å². The lowest BCUT2D eigenvalue weighted by atomic mass is 10.1. The first kappa shape index (κ1) is 20.0. The van der Waals surface area contributed by atoms with Crippen molar-refractivity contribution in [2.24, 2.45) is 0 Å². The first-order valence-electron chi connectivity index (χ1n) is 8.92. The Morgan fingerprint density at radius 1 is 1.31 bits per heavy atom. The Hall–Kier alpha value is -2.34. The molecular formula is C20H28N2O4. The summed E-state index contributed by atoms with van der Waals surface area (Å²) < 4.78 is 7.38. The fourth-order valence-electron chi connectivity index (χ4n) is 3.21. The predicted molar refractivity (Wildman–Crippen MR) is 102 cm³/mol. The van der Waals surface area contributed by atoms with Crippen molar-refractivity contribution in [3.63, 3.8) is 0 Å². The maximum absolute atomic E-state index is 12.9. The zero-order valence-electron chi connectivity index (χ0n) is 16.2. The number of fused-ring (bicyclic) bond motifs is 1. The number of carbonyl (C=O) groups excluding carboxylic acids is 1. The molecule has 1 atom stereocenters. The van der Waals surface area contributed by atoms with Gasteiger partial charge in [0.2, 0.25) is 0 Å². The highest BCUT2D eigenvalue weighted by molar-refractivity contribution is 6.00. The van der Waals surface area contributed by atoms with Crippen LogP contribution in [0.4, 0.5) is 0 Å². The number of amides is 1. The summed E-state index contributed by atoms with van der Waals surface area (Å²) in [6.45, 7) is 8.98. The Morgan fingerprint density at radius 2 is 2.00 bits per heavy atom. The summed E-state index contributed by atoms with van der Waals surface area (Å²) in [5.74, 6) is -1.25. The second-order valence-corrected chi connectivity index (χ2v) is 6.67. The van der Waals surface area contributed by atoms with Crippen LogP contribution in [0.5, 0.6) is 0 Å². The van der Waals surface area contributed by atoms with Crippen LogP contribution in [0.2, 0.25) is 0 Å². The molecule has 0 aliphatic rings. The van der Waals surface area contributed by atoms with Gasteiger partial charge >= 0.3 is 5.97 Å². The van der Waals surface area contributed by atoms with Gasteiger partial charge in [0, 0.05) is 41.9 Å². The smallest absolute Gasteiger partial charge is 0.323 e. The molecule has 1 N–H and O–H groups in total. The van der Waals surface area contributed by atoms with Crippen LogP contribution in [-0.4, -0.2) is 52.8 Å². The number of aryl methyl sites for hydroxylation is 1. The van der Waals surface area contributed by atoms with Gasteiger partial charge in [0.1, 0.15) is 6.54 Å². The van der Waals surface area contributed by atoms with E-state index in [-0.39, 0.29) is 18.5 Å². The second kappa shape index (κ2) is 8.36. The highest BCUT2D eigenvalue weighted by Gasteiger charge is 2.24. The largest absolute Gasteiger partial charge is 0.480 e. The van der Waals surface area contributed by atoms with Gasteiger partial charge in [0.05, 0.1) is 6.61 Å². The number of aliphatic carboxylic acids is 1. The molecule has 1 aromatic heterocycles. The van der Waals surface area contributed by atoms with Crippen molar-refractivity contribution in [2.45, 2.75) is 46.7 Å². The molecule has 0 saturated carbocycles. The van der Waals surface area contributed by atoms with Crippen LogP contribution in [0, 0.1) is 13.8 Å². The molecule has 1 heterocycles. The lowest BCUT2D eigenvalue weighted by molar-refractivity contribution is -0.138. The lowest BCUT2D eigenvalue weighted by Gasteiger charge is -2.27. The van der Waals surface area contributed by atoms with Crippen molar-refractivity contribution in [1.29, 1.82) is 0 Å². The lowest BCUT2D eigenvalue weighted by Crippen LogP contribution is -2.41. The number of carboxylic acids is 1. The molecule has 2 rings (SSSR count). The van der Waals surface area contributed by atoms with Crippen LogP contribution < -0.4 is 0 Å². The van der Waals surface area contributed by atoms with Gasteiger partial charge in [-0.3, -0.25) is 9.59 Å². The van der Waals surface area contributed by atoms with Crippen molar-refractivity contribution in [3.05, 3.63) is 35.0 Å².